The maximum atomic E-state index is 12.2. The van der Waals surface area contributed by atoms with E-state index in [0.717, 1.165) is 11.3 Å². The van der Waals surface area contributed by atoms with Crippen LogP contribution in [-0.2, 0) is 9.53 Å². The lowest BCUT2D eigenvalue weighted by Gasteiger charge is -2.35. The van der Waals surface area contributed by atoms with Gasteiger partial charge >= 0.3 is 0 Å². The molecule has 0 radical (unpaired) electrons. The number of ether oxygens (including phenoxy) is 1. The second kappa shape index (κ2) is 6.50. The lowest BCUT2D eigenvalue weighted by Crippen LogP contribution is -2.54. The summed E-state index contributed by atoms with van der Waals surface area (Å²) in [6, 6.07) is 1.69. The molecule has 1 aliphatic heterocycles. The molecular weight excluding hydrogens is 270 g/mol. The fraction of sp³-hybridized carbons (Fsp3) is 0.571. The Kier molecular flexibility index (Phi) is 4.70. The van der Waals surface area contributed by atoms with Crippen molar-refractivity contribution < 1.29 is 9.53 Å². The van der Waals surface area contributed by atoms with E-state index in [2.05, 4.69) is 21.6 Å². The lowest BCUT2D eigenvalue weighted by molar-refractivity contribution is -0.124. The molecule has 1 aliphatic rings. The van der Waals surface area contributed by atoms with Crippen LogP contribution in [0, 0.1) is 25.2 Å². The average Bonchev–Trinajstić information content (AvgIpc) is 2.50. The Bertz CT molecular complexity index is 581. The van der Waals surface area contributed by atoms with Crippen molar-refractivity contribution in [2.45, 2.75) is 26.8 Å². The van der Waals surface area contributed by atoms with Gasteiger partial charge < -0.3 is 15.0 Å². The van der Waals surface area contributed by atoms with E-state index < -0.39 is 6.04 Å². The summed E-state index contributed by atoms with van der Waals surface area (Å²) in [5.74, 6) is 0.335. The summed E-state index contributed by atoms with van der Waals surface area (Å²) in [5, 5.41) is 20.4. The molecule has 1 unspecified atom stereocenters. The summed E-state index contributed by atoms with van der Waals surface area (Å²) >= 11 is 0. The van der Waals surface area contributed by atoms with E-state index in [4.69, 9.17) is 4.74 Å². The number of morpholine rings is 1. The zero-order chi connectivity index (χ0) is 15.4. The summed E-state index contributed by atoms with van der Waals surface area (Å²) in [6.07, 6.45) is 0. The quantitative estimate of drug-likeness (QED) is 0.861. The molecule has 1 saturated heterocycles. The summed E-state index contributed by atoms with van der Waals surface area (Å²) in [7, 11) is 0. The molecular formula is C14H19N5O2. The molecule has 1 aromatic heterocycles. The van der Waals surface area contributed by atoms with Crippen LogP contribution >= 0.6 is 0 Å². The summed E-state index contributed by atoms with van der Waals surface area (Å²) in [4.78, 5) is 14.0. The van der Waals surface area contributed by atoms with Crippen LogP contribution in [-0.4, -0.2) is 48.4 Å². The molecule has 7 nitrogen and oxygen atoms in total. The fourth-order valence-corrected chi connectivity index (χ4v) is 2.30. The number of nitriles is 1. The number of nitrogens with zero attached hydrogens (tertiary/aromatic N) is 4. The number of rotatable bonds is 3. The first-order valence-electron chi connectivity index (χ1n) is 6.96. The first-order valence-corrected chi connectivity index (χ1v) is 6.96. The third kappa shape index (κ3) is 2.95. The van der Waals surface area contributed by atoms with Gasteiger partial charge in [0.2, 0.25) is 5.91 Å². The Morgan fingerprint density at radius 2 is 2.29 bits per heavy atom. The van der Waals surface area contributed by atoms with Crippen LogP contribution in [0.5, 0.6) is 0 Å². The minimum absolute atomic E-state index is 0.124. The van der Waals surface area contributed by atoms with Gasteiger partial charge in [0.15, 0.2) is 5.82 Å². The van der Waals surface area contributed by atoms with Gasteiger partial charge in [0.25, 0.3) is 0 Å². The van der Waals surface area contributed by atoms with Gasteiger partial charge in [-0.2, -0.15) is 10.4 Å². The van der Waals surface area contributed by atoms with Crippen LogP contribution < -0.4 is 10.2 Å². The summed E-state index contributed by atoms with van der Waals surface area (Å²) in [6.45, 7) is 7.35. The minimum Gasteiger partial charge on any atom is -0.377 e. The van der Waals surface area contributed by atoms with E-state index in [1.54, 1.807) is 0 Å². The number of aromatic nitrogens is 2. The van der Waals surface area contributed by atoms with E-state index in [1.165, 1.54) is 0 Å². The number of aryl methyl sites for hydroxylation is 1. The number of nitrogens with one attached hydrogen (secondary N) is 1. The fourth-order valence-electron chi connectivity index (χ4n) is 2.30. The zero-order valence-electron chi connectivity index (χ0n) is 12.5. The van der Waals surface area contributed by atoms with Crippen molar-refractivity contribution in [3.63, 3.8) is 0 Å². The minimum atomic E-state index is -0.484. The molecule has 2 heterocycles. The molecule has 1 N–H and O–H groups in total. The maximum Gasteiger partial charge on any atom is 0.245 e. The van der Waals surface area contributed by atoms with Gasteiger partial charge in [0.1, 0.15) is 17.7 Å². The van der Waals surface area contributed by atoms with Crippen LogP contribution in [0.2, 0.25) is 0 Å². The molecule has 7 heteroatoms. The van der Waals surface area contributed by atoms with Crippen molar-refractivity contribution >= 4 is 11.7 Å². The Hall–Kier alpha value is -2.20. The number of amides is 1. The summed E-state index contributed by atoms with van der Waals surface area (Å²) in [5.41, 5.74) is 1.99. The molecule has 1 atom stereocenters. The van der Waals surface area contributed by atoms with Crippen LogP contribution in [0.25, 0.3) is 0 Å². The van der Waals surface area contributed by atoms with Crippen molar-refractivity contribution in [3.8, 4) is 6.07 Å². The number of hydrogen-bond acceptors (Lipinski definition) is 6. The second-order valence-electron chi connectivity index (χ2n) is 4.90. The smallest absolute Gasteiger partial charge is 0.245 e. The highest BCUT2D eigenvalue weighted by atomic mass is 16.5. The Labute approximate surface area is 123 Å². The van der Waals surface area contributed by atoms with Crippen LogP contribution in [0.1, 0.15) is 23.7 Å². The molecule has 1 amide bonds. The van der Waals surface area contributed by atoms with E-state index in [-0.39, 0.29) is 12.5 Å². The topological polar surface area (TPSA) is 91.1 Å². The van der Waals surface area contributed by atoms with Crippen molar-refractivity contribution in [2.75, 3.05) is 31.2 Å². The predicted octanol–water partition coefficient (Wildman–Crippen LogP) is 0.306. The van der Waals surface area contributed by atoms with Crippen molar-refractivity contribution in [3.05, 3.63) is 16.8 Å². The Morgan fingerprint density at radius 1 is 1.52 bits per heavy atom. The highest BCUT2D eigenvalue weighted by molar-refractivity contribution is 5.85. The second-order valence-corrected chi connectivity index (χ2v) is 4.90. The van der Waals surface area contributed by atoms with Crippen LogP contribution in [0.3, 0.4) is 0 Å². The first-order chi connectivity index (χ1) is 10.1. The van der Waals surface area contributed by atoms with E-state index >= 15 is 0 Å². The first kappa shape index (κ1) is 15.2. The Morgan fingerprint density at radius 3 is 2.95 bits per heavy atom. The van der Waals surface area contributed by atoms with Gasteiger partial charge in [-0.25, -0.2) is 0 Å². The van der Waals surface area contributed by atoms with Crippen molar-refractivity contribution in [1.29, 1.82) is 5.26 Å². The highest BCUT2D eigenvalue weighted by Gasteiger charge is 2.32. The van der Waals surface area contributed by atoms with Gasteiger partial charge in [-0.15, -0.1) is 5.10 Å². The van der Waals surface area contributed by atoms with Crippen LogP contribution in [0.15, 0.2) is 0 Å². The molecule has 0 bridgehead atoms. The maximum absolute atomic E-state index is 12.2. The molecule has 0 aliphatic carbocycles. The average molecular weight is 289 g/mol. The van der Waals surface area contributed by atoms with E-state index in [9.17, 15) is 10.1 Å². The van der Waals surface area contributed by atoms with E-state index in [0.29, 0.717) is 31.1 Å². The van der Waals surface area contributed by atoms with Crippen LogP contribution in [0.4, 0.5) is 5.82 Å². The molecule has 1 aromatic rings. The SMILES string of the molecule is CCNC(=O)C1COCCN1c1nnc(C)c(C)c1C#N. The van der Waals surface area contributed by atoms with Gasteiger partial charge in [0, 0.05) is 13.1 Å². The Balaban J connectivity index is 2.41. The standard InChI is InChI=1S/C14H19N5O2/c1-4-16-14(20)12-8-21-6-5-19(12)13-11(7-15)9(2)10(3)17-18-13/h12H,4-6,8H2,1-3H3,(H,16,20). The number of carbonyl (C=O) groups excluding carboxylic acids is 1. The normalized spacial score (nSPS) is 18.2. The van der Waals surface area contributed by atoms with Gasteiger partial charge in [-0.05, 0) is 26.3 Å². The van der Waals surface area contributed by atoms with Crippen molar-refractivity contribution in [1.82, 2.24) is 15.5 Å². The number of carbonyl (C=O) groups is 1. The third-order valence-corrected chi connectivity index (χ3v) is 3.60. The third-order valence-electron chi connectivity index (χ3n) is 3.60. The molecule has 1 fully saturated rings. The number of hydrogen-bond donors (Lipinski definition) is 1. The molecule has 0 saturated carbocycles. The van der Waals surface area contributed by atoms with Gasteiger partial charge in [0.05, 0.1) is 18.9 Å². The monoisotopic (exact) mass is 289 g/mol. The van der Waals surface area contributed by atoms with Gasteiger partial charge in [-0.1, -0.05) is 0 Å². The summed E-state index contributed by atoms with van der Waals surface area (Å²) < 4.78 is 5.40. The largest absolute Gasteiger partial charge is 0.377 e. The number of anilines is 1. The predicted molar refractivity (Wildman–Crippen MR) is 76.9 cm³/mol. The highest BCUT2D eigenvalue weighted by Crippen LogP contribution is 2.24. The molecule has 0 spiro atoms. The molecule has 2 rings (SSSR count). The van der Waals surface area contributed by atoms with Crippen molar-refractivity contribution in [2.24, 2.45) is 0 Å². The molecule has 21 heavy (non-hydrogen) atoms. The lowest BCUT2D eigenvalue weighted by atomic mass is 10.1. The van der Waals surface area contributed by atoms with Gasteiger partial charge in [-0.3, -0.25) is 4.79 Å². The zero-order valence-corrected chi connectivity index (χ0v) is 12.5. The molecule has 112 valence electrons. The molecule has 0 aromatic carbocycles. The van der Waals surface area contributed by atoms with E-state index in [1.807, 2.05) is 25.7 Å². The number of likely N-dealkylation sites (N-methyl/N-ethyl adjacent to an activating group) is 1.